The van der Waals surface area contributed by atoms with Gasteiger partial charge < -0.3 is 11.1 Å². The number of sulfone groups is 1. The first-order chi connectivity index (χ1) is 9.92. The van der Waals surface area contributed by atoms with E-state index >= 15 is 0 Å². The molecule has 3 N–H and O–H groups in total. The van der Waals surface area contributed by atoms with Gasteiger partial charge in [-0.3, -0.25) is 4.79 Å². The van der Waals surface area contributed by atoms with Gasteiger partial charge in [-0.1, -0.05) is 13.3 Å². The molecule has 1 aromatic rings. The quantitative estimate of drug-likeness (QED) is 0.842. The Morgan fingerprint density at radius 2 is 2.24 bits per heavy atom. The Balaban J connectivity index is 2.03. The number of carbonyl (C=O) groups excluding carboxylic acids is 1. The fourth-order valence-electron chi connectivity index (χ4n) is 2.52. The zero-order valence-electron chi connectivity index (χ0n) is 12.1. The summed E-state index contributed by atoms with van der Waals surface area (Å²) in [6.07, 6.45) is 2.95. The number of anilines is 1. The predicted octanol–water partition coefficient (Wildman–Crippen LogP) is 0.923. The predicted molar refractivity (Wildman–Crippen MR) is 81.8 cm³/mol. The second-order valence-corrected chi connectivity index (χ2v) is 7.76. The molecule has 1 fully saturated rings. The fourth-order valence-corrected chi connectivity index (χ4v) is 4.29. The SMILES string of the molecule is CCCc1cc(C(=O)NCC2CCCS2(=O)=O)cc(N)n1. The summed E-state index contributed by atoms with van der Waals surface area (Å²) in [6.45, 7) is 2.18. The highest BCUT2D eigenvalue weighted by Gasteiger charge is 2.31. The maximum Gasteiger partial charge on any atom is 0.251 e. The van der Waals surface area contributed by atoms with Gasteiger partial charge in [0.05, 0.1) is 11.0 Å². The van der Waals surface area contributed by atoms with Gasteiger partial charge in [-0.2, -0.15) is 0 Å². The minimum Gasteiger partial charge on any atom is -0.384 e. The van der Waals surface area contributed by atoms with E-state index in [2.05, 4.69) is 10.3 Å². The largest absolute Gasteiger partial charge is 0.384 e. The number of hydrogen-bond donors (Lipinski definition) is 2. The molecule has 0 aliphatic carbocycles. The van der Waals surface area contributed by atoms with Crippen LogP contribution in [0.2, 0.25) is 0 Å². The van der Waals surface area contributed by atoms with E-state index in [9.17, 15) is 13.2 Å². The lowest BCUT2D eigenvalue weighted by molar-refractivity contribution is 0.0953. The second-order valence-electron chi connectivity index (χ2n) is 5.36. The summed E-state index contributed by atoms with van der Waals surface area (Å²) in [5, 5.41) is 2.23. The Hall–Kier alpha value is -1.63. The van der Waals surface area contributed by atoms with E-state index in [4.69, 9.17) is 5.73 Å². The lowest BCUT2D eigenvalue weighted by atomic mass is 10.1. The van der Waals surface area contributed by atoms with Crippen molar-refractivity contribution in [1.82, 2.24) is 10.3 Å². The van der Waals surface area contributed by atoms with Crippen LogP contribution in [0.1, 0.15) is 42.2 Å². The van der Waals surface area contributed by atoms with Crippen molar-refractivity contribution in [2.45, 2.75) is 37.9 Å². The molecule has 1 aliphatic heterocycles. The van der Waals surface area contributed by atoms with Gasteiger partial charge in [-0.25, -0.2) is 13.4 Å². The molecule has 0 saturated carbocycles. The Bertz CT molecular complexity index is 628. The molecule has 116 valence electrons. The molecule has 0 spiro atoms. The Morgan fingerprint density at radius 1 is 1.48 bits per heavy atom. The van der Waals surface area contributed by atoms with Gasteiger partial charge in [0.25, 0.3) is 5.91 Å². The van der Waals surface area contributed by atoms with Crippen LogP contribution >= 0.6 is 0 Å². The lowest BCUT2D eigenvalue weighted by Crippen LogP contribution is -2.34. The van der Waals surface area contributed by atoms with Gasteiger partial charge in [-0.05, 0) is 31.4 Å². The van der Waals surface area contributed by atoms with Crippen molar-refractivity contribution in [3.05, 3.63) is 23.4 Å². The number of nitrogens with two attached hydrogens (primary N) is 1. The van der Waals surface area contributed by atoms with Crippen molar-refractivity contribution in [3.8, 4) is 0 Å². The van der Waals surface area contributed by atoms with Crippen molar-refractivity contribution in [2.24, 2.45) is 0 Å². The van der Waals surface area contributed by atoms with E-state index in [-0.39, 0.29) is 18.2 Å². The standard InChI is InChI=1S/C14H21N3O3S/c1-2-4-11-7-10(8-13(15)17-11)14(18)16-9-12-5-3-6-21(12,19)20/h7-8,12H,2-6,9H2,1H3,(H2,15,17)(H,16,18). The summed E-state index contributed by atoms with van der Waals surface area (Å²) in [5.41, 5.74) is 6.91. The number of nitrogens with zero attached hydrogens (tertiary/aromatic N) is 1. The van der Waals surface area contributed by atoms with E-state index < -0.39 is 15.1 Å². The molecule has 7 heteroatoms. The van der Waals surface area contributed by atoms with E-state index in [1.54, 1.807) is 6.07 Å². The molecule has 1 unspecified atom stereocenters. The summed E-state index contributed by atoms with van der Waals surface area (Å²) < 4.78 is 23.4. The van der Waals surface area contributed by atoms with Gasteiger partial charge in [-0.15, -0.1) is 0 Å². The number of hydrogen-bond acceptors (Lipinski definition) is 5. The highest BCUT2D eigenvalue weighted by atomic mass is 32.2. The van der Waals surface area contributed by atoms with Gasteiger partial charge >= 0.3 is 0 Å². The molecule has 6 nitrogen and oxygen atoms in total. The van der Waals surface area contributed by atoms with Crippen LogP contribution in [0.4, 0.5) is 5.82 Å². The van der Waals surface area contributed by atoms with E-state index in [1.807, 2.05) is 6.92 Å². The smallest absolute Gasteiger partial charge is 0.251 e. The average Bonchev–Trinajstić information content (AvgIpc) is 2.74. The highest BCUT2D eigenvalue weighted by Crippen LogP contribution is 2.19. The maximum atomic E-state index is 12.1. The second kappa shape index (κ2) is 6.43. The van der Waals surface area contributed by atoms with Crippen LogP contribution < -0.4 is 11.1 Å². The van der Waals surface area contributed by atoms with E-state index in [1.165, 1.54) is 6.07 Å². The van der Waals surface area contributed by atoms with Crippen LogP contribution in [0.15, 0.2) is 12.1 Å². The van der Waals surface area contributed by atoms with E-state index in [0.717, 1.165) is 18.5 Å². The lowest BCUT2D eigenvalue weighted by Gasteiger charge is -2.11. The summed E-state index contributed by atoms with van der Waals surface area (Å²) in [5.74, 6) is 0.222. The third kappa shape index (κ3) is 3.93. The highest BCUT2D eigenvalue weighted by molar-refractivity contribution is 7.92. The number of aromatic nitrogens is 1. The number of aryl methyl sites for hydroxylation is 1. The maximum absolute atomic E-state index is 12.1. The number of amides is 1. The van der Waals surface area contributed by atoms with Crippen LogP contribution in [0.25, 0.3) is 0 Å². The summed E-state index contributed by atoms with van der Waals surface area (Å²) >= 11 is 0. The normalized spacial score (nSPS) is 20.3. The van der Waals surface area contributed by atoms with Crippen molar-refractivity contribution in [2.75, 3.05) is 18.0 Å². The molecule has 1 saturated heterocycles. The third-order valence-corrected chi connectivity index (χ3v) is 5.90. The van der Waals surface area contributed by atoms with Gasteiger partial charge in [0.1, 0.15) is 5.82 Å². The van der Waals surface area contributed by atoms with Crippen molar-refractivity contribution in [1.29, 1.82) is 0 Å². The fraction of sp³-hybridized carbons (Fsp3) is 0.571. The van der Waals surface area contributed by atoms with E-state index in [0.29, 0.717) is 24.2 Å². The Labute approximate surface area is 125 Å². The molecule has 1 aliphatic rings. The van der Waals surface area contributed by atoms with Crippen LogP contribution in [0.3, 0.4) is 0 Å². The molecular formula is C14H21N3O3S. The number of pyridine rings is 1. The van der Waals surface area contributed by atoms with Crippen LogP contribution in [-0.2, 0) is 16.3 Å². The molecule has 1 amide bonds. The minimum atomic E-state index is -3.04. The molecular weight excluding hydrogens is 290 g/mol. The molecule has 0 aromatic carbocycles. The average molecular weight is 311 g/mol. The zero-order chi connectivity index (χ0) is 15.5. The van der Waals surface area contributed by atoms with Gasteiger partial charge in [0, 0.05) is 17.8 Å². The molecule has 2 rings (SSSR count). The molecule has 0 radical (unpaired) electrons. The molecule has 21 heavy (non-hydrogen) atoms. The third-order valence-electron chi connectivity index (χ3n) is 3.62. The van der Waals surface area contributed by atoms with Crippen LogP contribution in [0, 0.1) is 0 Å². The summed E-state index contributed by atoms with van der Waals surface area (Å²) in [7, 11) is -3.04. The van der Waals surface area contributed by atoms with Crippen LogP contribution in [0.5, 0.6) is 0 Å². The number of rotatable bonds is 5. The molecule has 2 heterocycles. The first-order valence-corrected chi connectivity index (χ1v) is 8.90. The summed E-state index contributed by atoms with van der Waals surface area (Å²) in [6, 6.07) is 3.22. The number of nitrogen functional groups attached to an aromatic ring is 1. The number of nitrogens with one attached hydrogen (secondary N) is 1. The number of carbonyl (C=O) groups is 1. The first-order valence-electron chi connectivity index (χ1n) is 7.18. The van der Waals surface area contributed by atoms with Crippen molar-refractivity contribution >= 4 is 21.6 Å². The van der Waals surface area contributed by atoms with Crippen molar-refractivity contribution < 1.29 is 13.2 Å². The zero-order valence-corrected chi connectivity index (χ0v) is 12.9. The molecule has 1 atom stereocenters. The molecule has 1 aromatic heterocycles. The molecule has 0 bridgehead atoms. The van der Waals surface area contributed by atoms with Crippen molar-refractivity contribution in [3.63, 3.8) is 0 Å². The van der Waals surface area contributed by atoms with Crippen LogP contribution in [-0.4, -0.2) is 36.9 Å². The monoisotopic (exact) mass is 311 g/mol. The summed E-state index contributed by atoms with van der Waals surface area (Å²) in [4.78, 5) is 16.3. The topological polar surface area (TPSA) is 102 Å². The van der Waals surface area contributed by atoms with Gasteiger partial charge in [0.2, 0.25) is 0 Å². The Kier molecular flexibility index (Phi) is 4.82. The first kappa shape index (κ1) is 15.8. The Morgan fingerprint density at radius 3 is 2.86 bits per heavy atom. The minimum absolute atomic E-state index is 0.159. The van der Waals surface area contributed by atoms with Gasteiger partial charge in [0.15, 0.2) is 9.84 Å².